The summed E-state index contributed by atoms with van der Waals surface area (Å²) in [5, 5.41) is 40.1. The van der Waals surface area contributed by atoms with E-state index >= 15 is 0 Å². The van der Waals surface area contributed by atoms with Crippen LogP contribution in [0.2, 0.25) is 5.02 Å². The average molecular weight is 397 g/mol. The lowest BCUT2D eigenvalue weighted by atomic mass is 9.91. The van der Waals surface area contributed by atoms with E-state index in [9.17, 15) is 20.4 Å². The Labute approximate surface area is 163 Å². The molecule has 1 aromatic carbocycles. The van der Waals surface area contributed by atoms with Crippen LogP contribution in [0.25, 0.3) is 0 Å². The van der Waals surface area contributed by atoms with E-state index in [1.807, 2.05) is 19.1 Å². The Morgan fingerprint density at radius 3 is 2.52 bits per heavy atom. The number of allylic oxidation sites excluding steroid dienone is 4. The smallest absolute Gasteiger partial charge is 0.184 e. The van der Waals surface area contributed by atoms with Crippen molar-refractivity contribution < 1.29 is 29.9 Å². The largest absolute Gasteiger partial charge is 0.498 e. The number of ether oxygens (including phenoxy) is 2. The van der Waals surface area contributed by atoms with Crippen LogP contribution >= 0.6 is 11.6 Å². The van der Waals surface area contributed by atoms with E-state index < -0.39 is 30.7 Å². The van der Waals surface area contributed by atoms with E-state index in [0.717, 1.165) is 24.2 Å². The van der Waals surface area contributed by atoms with Crippen molar-refractivity contribution in [1.82, 2.24) is 0 Å². The lowest BCUT2D eigenvalue weighted by molar-refractivity contribution is -0.284. The monoisotopic (exact) mass is 396 g/mol. The van der Waals surface area contributed by atoms with Crippen molar-refractivity contribution in [3.63, 3.8) is 0 Å². The number of halogens is 1. The zero-order valence-electron chi connectivity index (χ0n) is 15.1. The molecule has 3 unspecified atom stereocenters. The number of aliphatic hydroxyl groups is 4. The van der Waals surface area contributed by atoms with E-state index in [1.165, 1.54) is 5.57 Å². The number of hydrogen-bond acceptors (Lipinski definition) is 6. The molecule has 7 heteroatoms. The molecule has 2 aliphatic rings. The standard InChI is InChI=1S/C20H25ClO6/c1-2-26-14-6-3-11(4-7-14)9-13-10-12(5-8-15(13)21)19-17(23)16(22)18(24)20(25)27-19/h3,5-6,8,10,16-20,22-25H,2,4,7,9H2,1H3/t16-,17?,18?,19+,20?/m1/s1. The molecule has 1 aliphatic heterocycles. The molecule has 0 bridgehead atoms. The SMILES string of the molecule is CCOC1=CC=C(Cc2cc([C@@H]3OC(O)C(O)[C@H](O)C3O)ccc2Cl)CC1. The molecule has 5 atom stereocenters. The molecule has 1 aliphatic carbocycles. The molecule has 0 radical (unpaired) electrons. The van der Waals surface area contributed by atoms with Gasteiger partial charge in [-0.3, -0.25) is 0 Å². The van der Waals surface area contributed by atoms with Gasteiger partial charge in [0.25, 0.3) is 0 Å². The number of aliphatic hydroxyl groups excluding tert-OH is 4. The molecule has 27 heavy (non-hydrogen) atoms. The van der Waals surface area contributed by atoms with Crippen molar-refractivity contribution in [2.24, 2.45) is 0 Å². The number of benzene rings is 1. The maximum absolute atomic E-state index is 10.2. The Morgan fingerprint density at radius 2 is 1.85 bits per heavy atom. The Kier molecular flexibility index (Phi) is 6.57. The van der Waals surface area contributed by atoms with Gasteiger partial charge in [0.15, 0.2) is 6.29 Å². The molecule has 4 N–H and O–H groups in total. The highest BCUT2D eigenvalue weighted by atomic mass is 35.5. The average Bonchev–Trinajstić information content (AvgIpc) is 2.66. The second-order valence-electron chi connectivity index (χ2n) is 6.84. The molecular weight excluding hydrogens is 372 g/mol. The maximum atomic E-state index is 10.2. The molecule has 0 saturated carbocycles. The summed E-state index contributed by atoms with van der Waals surface area (Å²) in [5.41, 5.74) is 2.64. The van der Waals surface area contributed by atoms with Crippen molar-refractivity contribution in [1.29, 1.82) is 0 Å². The fourth-order valence-electron chi connectivity index (χ4n) is 3.40. The summed E-state index contributed by atoms with van der Waals surface area (Å²) in [6.07, 6.45) is -0.578. The van der Waals surface area contributed by atoms with Gasteiger partial charge in [-0.1, -0.05) is 35.4 Å². The topological polar surface area (TPSA) is 99.4 Å². The molecule has 1 fully saturated rings. The Balaban J connectivity index is 1.79. The first kappa shape index (κ1) is 20.3. The molecule has 0 amide bonds. The summed E-state index contributed by atoms with van der Waals surface area (Å²) in [6, 6.07) is 5.19. The minimum atomic E-state index is -1.57. The lowest BCUT2D eigenvalue weighted by Gasteiger charge is -2.38. The van der Waals surface area contributed by atoms with Gasteiger partial charge in [-0.15, -0.1) is 0 Å². The molecule has 0 aromatic heterocycles. The third kappa shape index (κ3) is 4.54. The summed E-state index contributed by atoms with van der Waals surface area (Å²) in [6.45, 7) is 2.61. The minimum absolute atomic E-state index is 0.578. The second kappa shape index (κ2) is 8.73. The summed E-state index contributed by atoms with van der Waals surface area (Å²) in [5.74, 6) is 0.973. The highest BCUT2D eigenvalue weighted by Gasteiger charge is 2.43. The third-order valence-electron chi connectivity index (χ3n) is 4.93. The molecule has 1 aromatic rings. The molecular formula is C20H25ClO6. The van der Waals surface area contributed by atoms with Gasteiger partial charge in [-0.05, 0) is 43.0 Å². The predicted molar refractivity (Wildman–Crippen MR) is 100 cm³/mol. The molecule has 0 spiro atoms. The van der Waals surface area contributed by atoms with E-state index in [-0.39, 0.29) is 0 Å². The first-order valence-corrected chi connectivity index (χ1v) is 9.46. The zero-order valence-corrected chi connectivity index (χ0v) is 15.8. The molecule has 6 nitrogen and oxygen atoms in total. The molecule has 1 saturated heterocycles. The Hall–Kier alpha value is -1.41. The molecule has 1 heterocycles. The third-order valence-corrected chi connectivity index (χ3v) is 5.30. The highest BCUT2D eigenvalue weighted by Crippen LogP contribution is 2.34. The van der Waals surface area contributed by atoms with Crippen LogP contribution in [0.4, 0.5) is 0 Å². The fourth-order valence-corrected chi connectivity index (χ4v) is 3.59. The van der Waals surface area contributed by atoms with Gasteiger partial charge >= 0.3 is 0 Å². The van der Waals surface area contributed by atoms with Crippen molar-refractivity contribution in [3.05, 3.63) is 57.8 Å². The normalized spacial score (nSPS) is 31.3. The Morgan fingerprint density at radius 1 is 1.07 bits per heavy atom. The highest BCUT2D eigenvalue weighted by molar-refractivity contribution is 6.31. The first-order chi connectivity index (χ1) is 12.9. The van der Waals surface area contributed by atoms with Gasteiger partial charge in [-0.25, -0.2) is 0 Å². The lowest BCUT2D eigenvalue weighted by Crippen LogP contribution is -2.54. The van der Waals surface area contributed by atoms with Gasteiger partial charge in [0.05, 0.1) is 12.4 Å². The van der Waals surface area contributed by atoms with Gasteiger partial charge in [-0.2, -0.15) is 0 Å². The maximum Gasteiger partial charge on any atom is 0.184 e. The first-order valence-electron chi connectivity index (χ1n) is 9.08. The predicted octanol–water partition coefficient (Wildman–Crippen LogP) is 2.00. The Bertz CT molecular complexity index is 731. The van der Waals surface area contributed by atoms with E-state index in [0.29, 0.717) is 23.6 Å². The van der Waals surface area contributed by atoms with Crippen LogP contribution in [0.3, 0.4) is 0 Å². The fraction of sp³-hybridized carbons (Fsp3) is 0.500. The van der Waals surface area contributed by atoms with Gasteiger partial charge < -0.3 is 29.9 Å². The van der Waals surface area contributed by atoms with Crippen molar-refractivity contribution in [3.8, 4) is 0 Å². The summed E-state index contributed by atoms with van der Waals surface area (Å²) < 4.78 is 10.8. The van der Waals surface area contributed by atoms with E-state index in [4.69, 9.17) is 21.1 Å². The van der Waals surface area contributed by atoms with E-state index in [1.54, 1.807) is 18.2 Å². The minimum Gasteiger partial charge on any atom is -0.498 e. The van der Waals surface area contributed by atoms with Gasteiger partial charge in [0.2, 0.25) is 0 Å². The van der Waals surface area contributed by atoms with Crippen LogP contribution < -0.4 is 0 Å². The molecule has 148 valence electrons. The second-order valence-corrected chi connectivity index (χ2v) is 7.24. The van der Waals surface area contributed by atoms with Crippen LogP contribution in [-0.4, -0.2) is 51.6 Å². The molecule has 3 rings (SSSR count). The van der Waals surface area contributed by atoms with Crippen LogP contribution in [0.5, 0.6) is 0 Å². The van der Waals surface area contributed by atoms with Crippen molar-refractivity contribution in [2.45, 2.75) is 56.9 Å². The van der Waals surface area contributed by atoms with E-state index in [2.05, 4.69) is 0 Å². The summed E-state index contributed by atoms with van der Waals surface area (Å²) in [7, 11) is 0. The van der Waals surface area contributed by atoms with Crippen LogP contribution in [-0.2, 0) is 15.9 Å². The van der Waals surface area contributed by atoms with Gasteiger partial charge in [0.1, 0.15) is 24.4 Å². The van der Waals surface area contributed by atoms with Crippen LogP contribution in [0.1, 0.15) is 37.0 Å². The van der Waals surface area contributed by atoms with Crippen LogP contribution in [0.15, 0.2) is 41.7 Å². The number of rotatable bonds is 5. The summed E-state index contributed by atoms with van der Waals surface area (Å²) in [4.78, 5) is 0. The van der Waals surface area contributed by atoms with Crippen LogP contribution in [0, 0.1) is 0 Å². The van der Waals surface area contributed by atoms with Crippen molar-refractivity contribution >= 4 is 11.6 Å². The quantitative estimate of drug-likeness (QED) is 0.607. The van der Waals surface area contributed by atoms with Crippen molar-refractivity contribution in [2.75, 3.05) is 6.61 Å². The zero-order chi connectivity index (χ0) is 19.6. The van der Waals surface area contributed by atoms with Gasteiger partial charge in [0, 0.05) is 11.4 Å². The number of hydrogen-bond donors (Lipinski definition) is 4. The summed E-state index contributed by atoms with van der Waals surface area (Å²) >= 11 is 6.34.